The number of H-pyrrole nitrogens is 1. The number of carbonyl (C=O) groups excluding carboxylic acids is 1. The predicted octanol–water partition coefficient (Wildman–Crippen LogP) is -0.307. The van der Waals surface area contributed by atoms with E-state index in [0.717, 1.165) is 11.0 Å². The highest BCUT2D eigenvalue weighted by molar-refractivity contribution is 5.78. The van der Waals surface area contributed by atoms with E-state index in [1.165, 1.54) is 15.7 Å². The third-order valence-electron chi connectivity index (χ3n) is 5.45. The van der Waals surface area contributed by atoms with Crippen LogP contribution in [0, 0.1) is 6.92 Å². The average molecular weight is 413 g/mol. The van der Waals surface area contributed by atoms with Crippen molar-refractivity contribution in [2.75, 3.05) is 19.7 Å². The van der Waals surface area contributed by atoms with Crippen molar-refractivity contribution in [3.05, 3.63) is 62.7 Å². The van der Waals surface area contributed by atoms with E-state index < -0.39 is 23.4 Å². The van der Waals surface area contributed by atoms with E-state index in [-0.39, 0.29) is 32.2 Å². The summed E-state index contributed by atoms with van der Waals surface area (Å²) < 4.78 is 8.76. The number of aliphatic hydroxyl groups excluding tert-OH is 1. The molecular formula is C20H23N5O5. The molecule has 3 aromatic rings. The van der Waals surface area contributed by atoms with Crippen molar-refractivity contribution < 1.29 is 14.6 Å². The molecule has 3 heterocycles. The molecular weight excluding hydrogens is 390 g/mol. The van der Waals surface area contributed by atoms with Crippen LogP contribution >= 0.6 is 0 Å². The van der Waals surface area contributed by atoms with Crippen LogP contribution in [0.2, 0.25) is 0 Å². The minimum absolute atomic E-state index is 0.0871. The first-order valence-electron chi connectivity index (χ1n) is 9.61. The number of para-hydroxylation sites is 2. The number of benzene rings is 1. The highest BCUT2D eigenvalue weighted by Gasteiger charge is 2.35. The van der Waals surface area contributed by atoms with Gasteiger partial charge in [0.2, 0.25) is 5.91 Å². The largest absolute Gasteiger partial charge is 0.389 e. The predicted molar refractivity (Wildman–Crippen MR) is 108 cm³/mol. The molecule has 158 valence electrons. The van der Waals surface area contributed by atoms with Crippen LogP contribution in [0.1, 0.15) is 17.4 Å². The Morgan fingerprint density at radius 3 is 2.83 bits per heavy atom. The minimum atomic E-state index is -0.920. The third kappa shape index (κ3) is 3.66. The zero-order valence-corrected chi connectivity index (χ0v) is 16.7. The summed E-state index contributed by atoms with van der Waals surface area (Å²) in [5, 5.41) is 10.4. The molecule has 1 saturated heterocycles. The number of aromatic nitrogens is 4. The van der Waals surface area contributed by atoms with Gasteiger partial charge in [-0.05, 0) is 19.1 Å². The van der Waals surface area contributed by atoms with E-state index in [9.17, 15) is 19.5 Å². The van der Waals surface area contributed by atoms with Gasteiger partial charge in [0.05, 0.1) is 23.2 Å². The summed E-state index contributed by atoms with van der Waals surface area (Å²) >= 11 is 0. The fraction of sp³-hybridized carbons (Fsp3) is 0.400. The second-order valence-electron chi connectivity index (χ2n) is 7.48. The molecule has 2 N–H and O–H groups in total. The number of carbonyl (C=O) groups is 1. The van der Waals surface area contributed by atoms with E-state index in [1.54, 1.807) is 6.92 Å². The van der Waals surface area contributed by atoms with Gasteiger partial charge in [0.25, 0.3) is 5.56 Å². The lowest BCUT2D eigenvalue weighted by Crippen LogP contribution is -2.37. The molecule has 10 nitrogen and oxygen atoms in total. The summed E-state index contributed by atoms with van der Waals surface area (Å²) in [5.41, 5.74) is 1.12. The van der Waals surface area contributed by atoms with Gasteiger partial charge in [-0.2, -0.15) is 0 Å². The Labute approximate surface area is 171 Å². The van der Waals surface area contributed by atoms with Crippen molar-refractivity contribution in [3.63, 3.8) is 0 Å². The summed E-state index contributed by atoms with van der Waals surface area (Å²) in [6.07, 6.45) is 0.488. The number of ether oxygens (including phenoxy) is 1. The zero-order chi connectivity index (χ0) is 21.4. The Morgan fingerprint density at radius 2 is 2.07 bits per heavy atom. The van der Waals surface area contributed by atoms with Crippen LogP contribution in [0.3, 0.4) is 0 Å². The summed E-state index contributed by atoms with van der Waals surface area (Å²) in [6, 6.07) is 7.09. The molecule has 30 heavy (non-hydrogen) atoms. The first kappa shape index (κ1) is 20.0. The monoisotopic (exact) mass is 413 g/mol. The SMILES string of the molecule is Cc1cn([C@@H]2CN(C(=O)COCc3nc4ccccc4n3C)C[C@H]2O)c(=O)[nH]c1=O. The summed E-state index contributed by atoms with van der Waals surface area (Å²) in [5.74, 6) is 0.420. The number of fused-ring (bicyclic) bond motifs is 1. The van der Waals surface area contributed by atoms with Gasteiger partial charge in [-0.1, -0.05) is 12.1 Å². The molecule has 0 unspecified atom stereocenters. The number of likely N-dealkylation sites (tertiary alicyclic amines) is 1. The number of nitrogens with zero attached hydrogens (tertiary/aromatic N) is 4. The average Bonchev–Trinajstić information content (AvgIpc) is 3.25. The number of hydrogen-bond acceptors (Lipinski definition) is 6. The molecule has 1 amide bonds. The van der Waals surface area contributed by atoms with Crippen LogP contribution in [0.5, 0.6) is 0 Å². The second kappa shape index (κ2) is 7.88. The molecule has 0 bridgehead atoms. The van der Waals surface area contributed by atoms with Crippen molar-refractivity contribution in [3.8, 4) is 0 Å². The normalized spacial score (nSPS) is 19.0. The van der Waals surface area contributed by atoms with Crippen LogP contribution < -0.4 is 11.2 Å². The lowest BCUT2D eigenvalue weighted by Gasteiger charge is -2.17. The highest BCUT2D eigenvalue weighted by atomic mass is 16.5. The van der Waals surface area contributed by atoms with Gasteiger partial charge in [-0.3, -0.25) is 19.1 Å². The first-order valence-corrected chi connectivity index (χ1v) is 9.61. The van der Waals surface area contributed by atoms with Crippen molar-refractivity contribution in [1.29, 1.82) is 0 Å². The molecule has 0 spiro atoms. The molecule has 10 heteroatoms. The summed E-state index contributed by atoms with van der Waals surface area (Å²) in [7, 11) is 1.89. The lowest BCUT2D eigenvalue weighted by atomic mass is 10.2. The van der Waals surface area contributed by atoms with E-state index >= 15 is 0 Å². The van der Waals surface area contributed by atoms with E-state index in [0.29, 0.717) is 11.4 Å². The van der Waals surface area contributed by atoms with Crippen molar-refractivity contribution in [2.45, 2.75) is 25.7 Å². The van der Waals surface area contributed by atoms with E-state index in [2.05, 4.69) is 9.97 Å². The maximum Gasteiger partial charge on any atom is 0.328 e. The zero-order valence-electron chi connectivity index (χ0n) is 16.7. The number of aryl methyl sites for hydroxylation is 2. The Bertz CT molecular complexity index is 1210. The smallest absolute Gasteiger partial charge is 0.328 e. The molecule has 0 saturated carbocycles. The number of rotatable bonds is 5. The molecule has 4 rings (SSSR count). The Morgan fingerprint density at radius 1 is 1.30 bits per heavy atom. The second-order valence-corrected chi connectivity index (χ2v) is 7.48. The van der Waals surface area contributed by atoms with Crippen LogP contribution in [-0.2, 0) is 23.2 Å². The Kier molecular flexibility index (Phi) is 5.27. The van der Waals surface area contributed by atoms with Crippen LogP contribution in [0.15, 0.2) is 40.1 Å². The highest BCUT2D eigenvalue weighted by Crippen LogP contribution is 2.21. The maximum absolute atomic E-state index is 12.5. The minimum Gasteiger partial charge on any atom is -0.389 e. The van der Waals surface area contributed by atoms with Gasteiger partial charge in [-0.15, -0.1) is 0 Å². The number of aliphatic hydroxyl groups is 1. The summed E-state index contributed by atoms with van der Waals surface area (Å²) in [4.78, 5) is 44.4. The Hall–Kier alpha value is -3.24. The molecule has 1 aliphatic heterocycles. The molecule has 1 aliphatic rings. The van der Waals surface area contributed by atoms with Crippen molar-refractivity contribution >= 4 is 16.9 Å². The van der Waals surface area contributed by atoms with Gasteiger partial charge >= 0.3 is 5.69 Å². The molecule has 0 aliphatic carbocycles. The molecule has 1 fully saturated rings. The van der Waals surface area contributed by atoms with Crippen LogP contribution in [0.25, 0.3) is 11.0 Å². The Balaban J connectivity index is 1.38. The van der Waals surface area contributed by atoms with E-state index in [4.69, 9.17) is 4.74 Å². The standard InChI is InChI=1S/C20H23N5O5/c1-12-7-25(20(29)22-19(12)28)15-8-24(9-16(15)26)18(27)11-30-10-17-21-13-5-3-4-6-14(13)23(17)2/h3-7,15-16,26H,8-11H2,1-2H3,(H,22,28,29)/t15-,16-/m1/s1. The number of imidazole rings is 1. The van der Waals surface area contributed by atoms with Gasteiger partial charge in [-0.25, -0.2) is 9.78 Å². The number of amides is 1. The fourth-order valence-electron chi connectivity index (χ4n) is 3.72. The molecule has 2 aromatic heterocycles. The van der Waals surface area contributed by atoms with Crippen molar-refractivity contribution in [1.82, 2.24) is 24.0 Å². The van der Waals surface area contributed by atoms with Crippen molar-refractivity contribution in [2.24, 2.45) is 7.05 Å². The van der Waals surface area contributed by atoms with E-state index in [1.807, 2.05) is 35.9 Å². The molecule has 2 atom stereocenters. The van der Waals surface area contributed by atoms with Gasteiger partial charge < -0.3 is 19.3 Å². The number of aromatic amines is 1. The topological polar surface area (TPSA) is 122 Å². The van der Waals surface area contributed by atoms with Crippen LogP contribution in [-0.4, -0.2) is 60.8 Å². The quantitative estimate of drug-likeness (QED) is 0.592. The first-order chi connectivity index (χ1) is 14.3. The number of β-amino-alcohol motifs (C(OH)–C–C–N with tert-alkyl or cyclic N) is 1. The number of nitrogens with one attached hydrogen (secondary N) is 1. The van der Waals surface area contributed by atoms with Gasteiger partial charge in [0.1, 0.15) is 19.0 Å². The third-order valence-corrected chi connectivity index (χ3v) is 5.45. The maximum atomic E-state index is 12.5. The van der Waals surface area contributed by atoms with Gasteiger partial charge in [0, 0.05) is 31.9 Å². The molecule has 0 radical (unpaired) electrons. The number of hydrogen-bond donors (Lipinski definition) is 2. The van der Waals surface area contributed by atoms with Crippen LogP contribution in [0.4, 0.5) is 0 Å². The summed E-state index contributed by atoms with van der Waals surface area (Å²) in [6.45, 7) is 1.83. The lowest BCUT2D eigenvalue weighted by molar-refractivity contribution is -0.136. The van der Waals surface area contributed by atoms with Gasteiger partial charge in [0.15, 0.2) is 0 Å². The molecule has 1 aromatic carbocycles. The fourth-order valence-corrected chi connectivity index (χ4v) is 3.72.